The molecule has 2 amide bonds. The number of pyridine rings is 1. The molecule has 2 N–H and O–H groups in total. The molecule has 0 aliphatic carbocycles. The van der Waals surface area contributed by atoms with Crippen molar-refractivity contribution in [1.29, 1.82) is 0 Å². The minimum absolute atomic E-state index is 0.345. The van der Waals surface area contributed by atoms with E-state index in [0.717, 1.165) is 5.56 Å². The van der Waals surface area contributed by atoms with E-state index in [0.29, 0.717) is 27.4 Å². The molecule has 2 aromatic carbocycles. The molecule has 3 aromatic rings. The van der Waals surface area contributed by atoms with E-state index >= 15 is 0 Å². The highest BCUT2D eigenvalue weighted by atomic mass is 35.5. The summed E-state index contributed by atoms with van der Waals surface area (Å²) in [5.74, 6) is -2.00. The Hall–Kier alpha value is -2.96. The van der Waals surface area contributed by atoms with Gasteiger partial charge >= 0.3 is 0 Å². The number of hydrogen-bond donors (Lipinski definition) is 2. The summed E-state index contributed by atoms with van der Waals surface area (Å²) in [6, 6.07) is 12.1. The Labute approximate surface area is 194 Å². The monoisotopic (exact) mass is 469 g/mol. The van der Waals surface area contributed by atoms with Crippen LogP contribution in [0.4, 0.5) is 10.1 Å². The van der Waals surface area contributed by atoms with Crippen molar-refractivity contribution in [3.05, 3.63) is 94.0 Å². The first-order chi connectivity index (χ1) is 15.3. The molecule has 1 spiro atoms. The first-order valence-electron chi connectivity index (χ1n) is 10.1. The summed E-state index contributed by atoms with van der Waals surface area (Å²) in [4.78, 5) is 31.1. The summed E-state index contributed by atoms with van der Waals surface area (Å²) in [6.45, 7) is 1.82. The molecule has 32 heavy (non-hydrogen) atoms. The molecule has 0 unspecified atom stereocenters. The molecule has 3 heterocycles. The molecule has 5 nitrogen and oxygen atoms in total. The van der Waals surface area contributed by atoms with Gasteiger partial charge in [-0.2, -0.15) is 0 Å². The fraction of sp³-hybridized carbons (Fsp3) is 0.208. The van der Waals surface area contributed by atoms with Gasteiger partial charge in [-0.25, -0.2) is 4.39 Å². The Balaban J connectivity index is 1.86. The van der Waals surface area contributed by atoms with Crippen LogP contribution in [-0.4, -0.2) is 22.2 Å². The molecule has 1 fully saturated rings. The summed E-state index contributed by atoms with van der Waals surface area (Å²) >= 11 is 12.9. The van der Waals surface area contributed by atoms with Crippen LogP contribution in [0.2, 0.25) is 5.02 Å². The van der Waals surface area contributed by atoms with Gasteiger partial charge in [-0.05, 0) is 59.5 Å². The lowest BCUT2D eigenvalue weighted by Crippen LogP contribution is -2.61. The first-order valence-corrected chi connectivity index (χ1v) is 10.9. The Morgan fingerprint density at radius 1 is 1.12 bits per heavy atom. The molecule has 1 saturated heterocycles. The van der Waals surface area contributed by atoms with Gasteiger partial charge in [0.2, 0.25) is 11.8 Å². The van der Waals surface area contributed by atoms with Gasteiger partial charge in [-0.15, -0.1) is 11.6 Å². The largest absolute Gasteiger partial charge is 0.347 e. The number of hydrogen-bond acceptors (Lipinski definition) is 3. The van der Waals surface area contributed by atoms with Crippen molar-refractivity contribution in [2.45, 2.75) is 29.7 Å². The smallest absolute Gasteiger partial charge is 0.239 e. The second-order valence-corrected chi connectivity index (χ2v) is 9.03. The summed E-state index contributed by atoms with van der Waals surface area (Å²) in [6.07, 6.45) is 3.22. The highest BCUT2D eigenvalue weighted by Gasteiger charge is 2.64. The zero-order chi connectivity index (χ0) is 22.6. The van der Waals surface area contributed by atoms with E-state index in [1.54, 1.807) is 48.8 Å². The number of aryl methyl sites for hydroxylation is 1. The molecule has 0 bridgehead atoms. The van der Waals surface area contributed by atoms with Gasteiger partial charge in [-0.1, -0.05) is 29.8 Å². The number of nitrogens with one attached hydrogen (secondary N) is 2. The number of alkyl halides is 1. The van der Waals surface area contributed by atoms with Crippen LogP contribution in [0.25, 0.3) is 0 Å². The predicted molar refractivity (Wildman–Crippen MR) is 120 cm³/mol. The molecule has 0 saturated carbocycles. The van der Waals surface area contributed by atoms with Gasteiger partial charge in [0.25, 0.3) is 0 Å². The standard InChI is InChI=1S/C24H18Cl2FN3O2/c1-12-4-6-15(27)10-16(12)21-24(17-7-5-14(25)9-18(17)29-23(24)32)19(20(26)22(31)30-21)13-3-2-8-28-11-13/h2-11,19-21H,1H3,(H,29,32)(H,30,31)/t19-,20+,21-,24+/m1/s1. The van der Waals surface area contributed by atoms with E-state index in [9.17, 15) is 14.0 Å². The number of nitrogens with zero attached hydrogens (tertiary/aromatic N) is 1. The van der Waals surface area contributed by atoms with E-state index in [-0.39, 0.29) is 5.91 Å². The van der Waals surface area contributed by atoms with Gasteiger partial charge in [-0.3, -0.25) is 14.6 Å². The zero-order valence-electron chi connectivity index (χ0n) is 16.9. The molecule has 4 atom stereocenters. The molecule has 1 aromatic heterocycles. The lowest BCUT2D eigenvalue weighted by molar-refractivity contribution is -0.131. The summed E-state index contributed by atoms with van der Waals surface area (Å²) in [5, 5.41) is 5.24. The second kappa shape index (κ2) is 7.57. The van der Waals surface area contributed by atoms with Crippen LogP contribution in [-0.2, 0) is 15.0 Å². The van der Waals surface area contributed by atoms with Gasteiger partial charge in [0.05, 0.1) is 6.04 Å². The van der Waals surface area contributed by atoms with Gasteiger partial charge in [0.1, 0.15) is 16.6 Å². The van der Waals surface area contributed by atoms with Crippen LogP contribution in [0.15, 0.2) is 60.9 Å². The van der Waals surface area contributed by atoms with Crippen LogP contribution >= 0.6 is 23.2 Å². The van der Waals surface area contributed by atoms with E-state index in [4.69, 9.17) is 23.2 Å². The maximum Gasteiger partial charge on any atom is 0.239 e. The number of amides is 2. The van der Waals surface area contributed by atoms with Crippen molar-refractivity contribution < 1.29 is 14.0 Å². The SMILES string of the molecule is Cc1ccc(F)cc1[C@H]1NC(=O)[C@@H](Cl)[C@@H](c2cccnc2)[C@]12C(=O)Nc1cc(Cl)ccc12. The van der Waals surface area contributed by atoms with Gasteiger partial charge in [0.15, 0.2) is 0 Å². The van der Waals surface area contributed by atoms with Crippen molar-refractivity contribution in [3.8, 4) is 0 Å². The maximum absolute atomic E-state index is 14.4. The summed E-state index contributed by atoms with van der Waals surface area (Å²) < 4.78 is 14.4. The van der Waals surface area contributed by atoms with Crippen LogP contribution < -0.4 is 10.6 Å². The number of carbonyl (C=O) groups excluding carboxylic acids is 2. The molecule has 2 aliphatic rings. The maximum atomic E-state index is 14.4. The highest BCUT2D eigenvalue weighted by Crippen LogP contribution is 2.58. The predicted octanol–water partition coefficient (Wildman–Crippen LogP) is 4.63. The van der Waals surface area contributed by atoms with Crippen LogP contribution in [0.1, 0.15) is 34.2 Å². The van der Waals surface area contributed by atoms with E-state index in [1.807, 2.05) is 6.92 Å². The van der Waals surface area contributed by atoms with E-state index < -0.39 is 34.5 Å². The molecule has 5 rings (SSSR count). The third kappa shape index (κ3) is 2.93. The van der Waals surface area contributed by atoms with Crippen molar-refractivity contribution in [3.63, 3.8) is 0 Å². The zero-order valence-corrected chi connectivity index (χ0v) is 18.4. The Morgan fingerprint density at radius 2 is 1.94 bits per heavy atom. The number of piperidine rings is 1. The number of rotatable bonds is 2. The number of carbonyl (C=O) groups is 2. The van der Waals surface area contributed by atoms with Crippen molar-refractivity contribution in [2.24, 2.45) is 0 Å². The minimum atomic E-state index is -1.35. The first kappa shape index (κ1) is 20.9. The molecule has 8 heteroatoms. The Bertz CT molecular complexity index is 1250. The summed E-state index contributed by atoms with van der Waals surface area (Å²) in [5.41, 5.74) is 1.72. The minimum Gasteiger partial charge on any atom is -0.347 e. The topological polar surface area (TPSA) is 71.1 Å². The molecular weight excluding hydrogens is 452 g/mol. The van der Waals surface area contributed by atoms with Crippen LogP contribution in [0.3, 0.4) is 0 Å². The number of halogens is 3. The molecule has 162 valence electrons. The lowest BCUT2D eigenvalue weighted by Gasteiger charge is -2.48. The number of anilines is 1. The number of benzene rings is 2. The van der Waals surface area contributed by atoms with Gasteiger partial charge in [0, 0.05) is 29.0 Å². The van der Waals surface area contributed by atoms with E-state index in [2.05, 4.69) is 15.6 Å². The van der Waals surface area contributed by atoms with Gasteiger partial charge < -0.3 is 10.6 Å². The average molecular weight is 470 g/mol. The normalized spacial score (nSPS) is 26.6. The van der Waals surface area contributed by atoms with Crippen molar-refractivity contribution in [1.82, 2.24) is 10.3 Å². The molecule has 0 radical (unpaired) electrons. The van der Waals surface area contributed by atoms with Crippen molar-refractivity contribution >= 4 is 40.7 Å². The molecular formula is C24H18Cl2FN3O2. The quantitative estimate of drug-likeness (QED) is 0.537. The lowest BCUT2D eigenvalue weighted by atomic mass is 9.59. The van der Waals surface area contributed by atoms with Crippen molar-refractivity contribution in [2.75, 3.05) is 5.32 Å². The fourth-order valence-electron chi connectivity index (χ4n) is 5.06. The van der Waals surface area contributed by atoms with Crippen LogP contribution in [0.5, 0.6) is 0 Å². The number of aromatic nitrogens is 1. The molecule has 2 aliphatic heterocycles. The third-order valence-electron chi connectivity index (χ3n) is 6.42. The Morgan fingerprint density at radius 3 is 2.69 bits per heavy atom. The van der Waals surface area contributed by atoms with Crippen LogP contribution in [0, 0.1) is 12.7 Å². The number of fused-ring (bicyclic) bond motifs is 2. The fourth-order valence-corrected chi connectivity index (χ4v) is 5.64. The van der Waals surface area contributed by atoms with E-state index in [1.165, 1.54) is 12.1 Å². The third-order valence-corrected chi connectivity index (χ3v) is 7.11. The Kier molecular flexibility index (Phi) is 4.95. The second-order valence-electron chi connectivity index (χ2n) is 8.12. The highest BCUT2D eigenvalue weighted by molar-refractivity contribution is 6.33. The average Bonchev–Trinajstić information content (AvgIpc) is 3.05. The summed E-state index contributed by atoms with van der Waals surface area (Å²) in [7, 11) is 0.